The lowest BCUT2D eigenvalue weighted by Gasteiger charge is -2.04. The smallest absolute Gasteiger partial charge is 0.343 e. The van der Waals surface area contributed by atoms with Crippen molar-refractivity contribution in [2.75, 3.05) is 13.7 Å². The minimum absolute atomic E-state index is 0.0513. The first kappa shape index (κ1) is 21.3. The van der Waals surface area contributed by atoms with Crippen LogP contribution in [0.5, 0.6) is 5.75 Å². The average molecular weight is 347 g/mol. The van der Waals surface area contributed by atoms with Gasteiger partial charge in [-0.05, 0) is 30.5 Å². The lowest BCUT2D eigenvalue weighted by Crippen LogP contribution is -2.12. The van der Waals surface area contributed by atoms with Crippen LogP contribution >= 0.6 is 0 Å². The topological polar surface area (TPSA) is 35.5 Å². The van der Waals surface area contributed by atoms with Gasteiger partial charge in [-0.1, -0.05) is 82.6 Å². The first-order chi connectivity index (χ1) is 12.3. The number of ether oxygens (including phenoxy) is 2. The second-order valence-corrected chi connectivity index (χ2v) is 6.45. The number of carbonyl (C=O) groups is 1. The van der Waals surface area contributed by atoms with Crippen LogP contribution in [0.15, 0.2) is 30.3 Å². The number of allylic oxidation sites excluding steroid dienone is 1. The van der Waals surface area contributed by atoms with E-state index in [0.717, 1.165) is 12.0 Å². The largest absolute Gasteiger partial charge is 0.482 e. The van der Waals surface area contributed by atoms with Crippen LogP contribution in [0.4, 0.5) is 0 Å². The van der Waals surface area contributed by atoms with Gasteiger partial charge in [0.05, 0.1) is 7.11 Å². The minimum atomic E-state index is -0.370. The SMILES string of the molecule is CCCCCCCCCCCC=Cc1ccc(OCC(=O)OC)cc1. The molecule has 25 heavy (non-hydrogen) atoms. The summed E-state index contributed by atoms with van der Waals surface area (Å²) < 4.78 is 9.87. The summed E-state index contributed by atoms with van der Waals surface area (Å²) in [5, 5.41) is 0. The third kappa shape index (κ3) is 11.4. The number of hydrogen-bond acceptors (Lipinski definition) is 3. The van der Waals surface area contributed by atoms with Gasteiger partial charge in [0.25, 0.3) is 0 Å². The second-order valence-electron chi connectivity index (χ2n) is 6.45. The molecule has 0 N–H and O–H groups in total. The second kappa shape index (κ2) is 14.6. The zero-order valence-corrected chi connectivity index (χ0v) is 16.0. The monoisotopic (exact) mass is 346 g/mol. The van der Waals surface area contributed by atoms with Gasteiger partial charge < -0.3 is 9.47 Å². The van der Waals surface area contributed by atoms with Crippen molar-refractivity contribution >= 4 is 12.0 Å². The summed E-state index contributed by atoms with van der Waals surface area (Å²) in [6.45, 7) is 2.21. The van der Waals surface area contributed by atoms with Gasteiger partial charge in [-0.15, -0.1) is 0 Å². The Morgan fingerprint density at radius 2 is 1.52 bits per heavy atom. The van der Waals surface area contributed by atoms with Crippen molar-refractivity contribution in [3.63, 3.8) is 0 Å². The van der Waals surface area contributed by atoms with Crippen molar-refractivity contribution in [3.05, 3.63) is 35.9 Å². The molecule has 1 aromatic carbocycles. The molecule has 140 valence electrons. The zero-order chi connectivity index (χ0) is 18.2. The van der Waals surface area contributed by atoms with Crippen LogP contribution in [-0.4, -0.2) is 19.7 Å². The molecular weight excluding hydrogens is 312 g/mol. The van der Waals surface area contributed by atoms with E-state index in [9.17, 15) is 4.79 Å². The Balaban J connectivity index is 2.07. The molecule has 0 radical (unpaired) electrons. The van der Waals surface area contributed by atoms with Gasteiger partial charge in [0, 0.05) is 0 Å². The summed E-state index contributed by atoms with van der Waals surface area (Å²) >= 11 is 0. The predicted molar refractivity (Wildman–Crippen MR) is 105 cm³/mol. The number of unbranched alkanes of at least 4 members (excludes halogenated alkanes) is 9. The van der Waals surface area contributed by atoms with Crippen LogP contribution in [-0.2, 0) is 9.53 Å². The summed E-state index contributed by atoms with van der Waals surface area (Å²) in [4.78, 5) is 11.0. The highest BCUT2D eigenvalue weighted by Crippen LogP contribution is 2.14. The summed E-state index contributed by atoms with van der Waals surface area (Å²) in [7, 11) is 1.35. The van der Waals surface area contributed by atoms with Gasteiger partial charge in [0.2, 0.25) is 0 Å². The van der Waals surface area contributed by atoms with Crippen molar-refractivity contribution in [3.8, 4) is 5.75 Å². The first-order valence-corrected chi connectivity index (χ1v) is 9.72. The fourth-order valence-electron chi connectivity index (χ4n) is 2.67. The average Bonchev–Trinajstić information content (AvgIpc) is 2.65. The molecule has 0 amide bonds. The quantitative estimate of drug-likeness (QED) is 0.298. The Morgan fingerprint density at radius 1 is 0.920 bits per heavy atom. The lowest BCUT2D eigenvalue weighted by atomic mass is 10.1. The highest BCUT2D eigenvalue weighted by Gasteiger charge is 2.00. The summed E-state index contributed by atoms with van der Waals surface area (Å²) in [5.41, 5.74) is 1.15. The highest BCUT2D eigenvalue weighted by atomic mass is 16.6. The van der Waals surface area contributed by atoms with Crippen LogP contribution in [0.2, 0.25) is 0 Å². The van der Waals surface area contributed by atoms with Gasteiger partial charge in [0.1, 0.15) is 5.75 Å². The number of hydrogen-bond donors (Lipinski definition) is 0. The zero-order valence-electron chi connectivity index (χ0n) is 16.0. The third-order valence-electron chi connectivity index (χ3n) is 4.25. The van der Waals surface area contributed by atoms with Crippen molar-refractivity contribution in [1.29, 1.82) is 0 Å². The Bertz CT molecular complexity index is 477. The Hall–Kier alpha value is -1.77. The minimum Gasteiger partial charge on any atom is -0.482 e. The number of methoxy groups -OCH3 is 1. The first-order valence-electron chi connectivity index (χ1n) is 9.72. The number of benzene rings is 1. The standard InChI is InChI=1S/C22H34O3/c1-3-4-5-6-7-8-9-10-11-12-13-14-20-15-17-21(18-16-20)25-19-22(23)24-2/h13-18H,3-12,19H2,1-2H3. The van der Waals surface area contributed by atoms with Gasteiger partial charge in [-0.2, -0.15) is 0 Å². The van der Waals surface area contributed by atoms with Gasteiger partial charge >= 0.3 is 5.97 Å². The number of esters is 1. The van der Waals surface area contributed by atoms with E-state index in [0.29, 0.717) is 5.75 Å². The van der Waals surface area contributed by atoms with Gasteiger partial charge in [-0.25, -0.2) is 4.79 Å². The van der Waals surface area contributed by atoms with Crippen LogP contribution in [0, 0.1) is 0 Å². The Morgan fingerprint density at radius 3 is 2.12 bits per heavy atom. The lowest BCUT2D eigenvalue weighted by molar-refractivity contribution is -0.142. The normalized spacial score (nSPS) is 11.0. The van der Waals surface area contributed by atoms with Crippen LogP contribution in [0.3, 0.4) is 0 Å². The molecule has 1 aromatic rings. The Kier molecular flexibility index (Phi) is 12.4. The highest BCUT2D eigenvalue weighted by molar-refractivity contribution is 5.70. The maximum absolute atomic E-state index is 11.0. The predicted octanol–water partition coefficient (Wildman–Crippen LogP) is 6.17. The maximum atomic E-state index is 11.0. The molecule has 3 nitrogen and oxygen atoms in total. The van der Waals surface area contributed by atoms with E-state index in [4.69, 9.17) is 4.74 Å². The fraction of sp³-hybridized carbons (Fsp3) is 0.591. The Labute approximate surface area is 153 Å². The van der Waals surface area contributed by atoms with Gasteiger partial charge in [-0.3, -0.25) is 0 Å². The van der Waals surface area contributed by atoms with Crippen molar-refractivity contribution < 1.29 is 14.3 Å². The molecule has 0 aliphatic heterocycles. The van der Waals surface area contributed by atoms with Crippen molar-refractivity contribution in [1.82, 2.24) is 0 Å². The van der Waals surface area contributed by atoms with E-state index >= 15 is 0 Å². The molecular formula is C22H34O3. The number of rotatable bonds is 14. The van der Waals surface area contributed by atoms with Gasteiger partial charge in [0.15, 0.2) is 6.61 Å². The molecule has 0 fully saturated rings. The van der Waals surface area contributed by atoms with E-state index in [1.807, 2.05) is 24.3 Å². The molecule has 0 bridgehead atoms. The third-order valence-corrected chi connectivity index (χ3v) is 4.25. The molecule has 0 saturated heterocycles. The molecule has 0 heterocycles. The van der Waals surface area contributed by atoms with E-state index < -0.39 is 0 Å². The molecule has 0 aliphatic carbocycles. The van der Waals surface area contributed by atoms with E-state index in [1.165, 1.54) is 64.9 Å². The molecule has 0 atom stereocenters. The van der Waals surface area contributed by atoms with Crippen LogP contribution in [0.25, 0.3) is 6.08 Å². The van der Waals surface area contributed by atoms with E-state index in [2.05, 4.69) is 23.8 Å². The molecule has 1 rings (SSSR count). The van der Waals surface area contributed by atoms with Crippen LogP contribution in [0.1, 0.15) is 76.7 Å². The molecule has 0 aliphatic rings. The maximum Gasteiger partial charge on any atom is 0.343 e. The summed E-state index contributed by atoms with van der Waals surface area (Å²) in [5.74, 6) is 0.311. The summed E-state index contributed by atoms with van der Waals surface area (Å²) in [6, 6.07) is 7.75. The molecule has 3 heteroatoms. The van der Waals surface area contributed by atoms with E-state index in [1.54, 1.807) is 0 Å². The van der Waals surface area contributed by atoms with Crippen molar-refractivity contribution in [2.24, 2.45) is 0 Å². The van der Waals surface area contributed by atoms with Crippen molar-refractivity contribution in [2.45, 2.75) is 71.1 Å². The van der Waals surface area contributed by atoms with Crippen LogP contribution < -0.4 is 4.74 Å². The molecule has 0 saturated carbocycles. The number of carbonyl (C=O) groups excluding carboxylic acids is 1. The summed E-state index contributed by atoms with van der Waals surface area (Å²) in [6.07, 6.45) is 17.8. The fourth-order valence-corrected chi connectivity index (χ4v) is 2.67. The molecule has 0 unspecified atom stereocenters. The van der Waals surface area contributed by atoms with E-state index in [-0.39, 0.29) is 12.6 Å². The molecule has 0 spiro atoms. The molecule has 0 aromatic heterocycles.